The lowest BCUT2D eigenvalue weighted by atomic mass is 9.87. The van der Waals surface area contributed by atoms with E-state index in [1.807, 2.05) is 6.21 Å². The summed E-state index contributed by atoms with van der Waals surface area (Å²) >= 11 is 2.31. The molecule has 1 nitrogen and oxygen atoms in total. The van der Waals surface area contributed by atoms with E-state index in [1.54, 1.807) is 0 Å². The highest BCUT2D eigenvalue weighted by molar-refractivity contribution is 14.1. The van der Waals surface area contributed by atoms with Gasteiger partial charge in [-0.3, -0.25) is 4.99 Å². The molecule has 62 valence electrons. The third kappa shape index (κ3) is 1.18. The van der Waals surface area contributed by atoms with Crippen LogP contribution in [0.25, 0.3) is 0 Å². The Bertz CT molecular complexity index is 353. The first kappa shape index (κ1) is 8.23. The van der Waals surface area contributed by atoms with Gasteiger partial charge in [0.15, 0.2) is 0 Å². The van der Waals surface area contributed by atoms with Gasteiger partial charge in [0, 0.05) is 15.2 Å². The molecule has 2 heteroatoms. The molecule has 12 heavy (non-hydrogen) atoms. The van der Waals surface area contributed by atoms with E-state index in [0.717, 1.165) is 5.69 Å². The fraction of sp³-hybridized carbons (Fsp3) is 0.300. The van der Waals surface area contributed by atoms with Gasteiger partial charge in [-0.2, -0.15) is 0 Å². The topological polar surface area (TPSA) is 12.4 Å². The number of fused-ring (bicyclic) bond motifs is 1. The maximum Gasteiger partial charge on any atom is 0.0677 e. The Morgan fingerprint density at radius 2 is 2.08 bits per heavy atom. The van der Waals surface area contributed by atoms with Gasteiger partial charge in [0.1, 0.15) is 0 Å². The van der Waals surface area contributed by atoms with E-state index in [4.69, 9.17) is 0 Å². The van der Waals surface area contributed by atoms with Gasteiger partial charge in [-0.15, -0.1) is 0 Å². The molecule has 1 aromatic carbocycles. The molecule has 2 rings (SSSR count). The van der Waals surface area contributed by atoms with Crippen LogP contribution in [-0.2, 0) is 5.41 Å². The molecule has 0 spiro atoms. The number of hydrogen-bond acceptors (Lipinski definition) is 1. The average molecular weight is 271 g/mol. The van der Waals surface area contributed by atoms with Crippen LogP contribution in [0, 0.1) is 3.57 Å². The summed E-state index contributed by atoms with van der Waals surface area (Å²) in [5.41, 5.74) is 2.59. The Morgan fingerprint density at radius 1 is 1.33 bits per heavy atom. The van der Waals surface area contributed by atoms with Gasteiger partial charge in [0.05, 0.1) is 5.69 Å². The Morgan fingerprint density at radius 3 is 2.83 bits per heavy atom. The van der Waals surface area contributed by atoms with Gasteiger partial charge in [-0.1, -0.05) is 19.9 Å². The van der Waals surface area contributed by atoms with Crippen molar-refractivity contribution in [2.45, 2.75) is 19.3 Å². The van der Waals surface area contributed by atoms with E-state index in [1.165, 1.54) is 9.13 Å². The van der Waals surface area contributed by atoms with Crippen molar-refractivity contribution in [2.75, 3.05) is 0 Å². The first-order chi connectivity index (χ1) is 5.59. The molecule has 0 saturated heterocycles. The lowest BCUT2D eigenvalue weighted by Gasteiger charge is -2.14. The first-order valence-corrected chi connectivity index (χ1v) is 5.03. The van der Waals surface area contributed by atoms with Crippen LogP contribution in [0.15, 0.2) is 23.2 Å². The van der Waals surface area contributed by atoms with Crippen LogP contribution >= 0.6 is 22.6 Å². The van der Waals surface area contributed by atoms with E-state index >= 15 is 0 Å². The van der Waals surface area contributed by atoms with Crippen LogP contribution in [0.1, 0.15) is 19.4 Å². The largest absolute Gasteiger partial charge is 0.260 e. The first-order valence-electron chi connectivity index (χ1n) is 3.95. The van der Waals surface area contributed by atoms with Gasteiger partial charge in [0.25, 0.3) is 0 Å². The molecule has 0 unspecified atom stereocenters. The monoisotopic (exact) mass is 271 g/mol. The van der Waals surface area contributed by atoms with Crippen molar-refractivity contribution >= 4 is 34.5 Å². The summed E-state index contributed by atoms with van der Waals surface area (Å²) in [4.78, 5) is 4.38. The number of nitrogens with zero attached hydrogens (tertiary/aromatic N) is 1. The van der Waals surface area contributed by atoms with Crippen LogP contribution in [0.4, 0.5) is 5.69 Å². The second-order valence-corrected chi connectivity index (χ2v) is 4.89. The molecule has 0 bridgehead atoms. The molecular formula is C10H10IN. The highest BCUT2D eigenvalue weighted by atomic mass is 127. The third-order valence-electron chi connectivity index (χ3n) is 2.18. The van der Waals surface area contributed by atoms with Gasteiger partial charge in [-0.05, 0) is 40.3 Å². The lowest BCUT2D eigenvalue weighted by Crippen LogP contribution is -2.14. The molecule has 1 aliphatic heterocycles. The third-order valence-corrected chi connectivity index (χ3v) is 2.85. The Kier molecular flexibility index (Phi) is 1.75. The van der Waals surface area contributed by atoms with E-state index in [-0.39, 0.29) is 5.41 Å². The molecule has 0 aromatic heterocycles. The van der Waals surface area contributed by atoms with Gasteiger partial charge in [0.2, 0.25) is 0 Å². The van der Waals surface area contributed by atoms with E-state index < -0.39 is 0 Å². The van der Waals surface area contributed by atoms with Crippen molar-refractivity contribution in [3.63, 3.8) is 0 Å². The van der Waals surface area contributed by atoms with Gasteiger partial charge in [-0.25, -0.2) is 0 Å². The minimum Gasteiger partial charge on any atom is -0.260 e. The average Bonchev–Trinajstić information content (AvgIpc) is 2.27. The molecule has 0 aliphatic carbocycles. The van der Waals surface area contributed by atoms with Crippen LogP contribution in [0.5, 0.6) is 0 Å². The second-order valence-electron chi connectivity index (χ2n) is 3.64. The molecule has 0 fully saturated rings. The molecule has 0 radical (unpaired) electrons. The Labute approximate surface area is 86.0 Å². The predicted molar refractivity (Wildman–Crippen MR) is 60.3 cm³/mol. The van der Waals surface area contributed by atoms with E-state index in [0.29, 0.717) is 0 Å². The van der Waals surface area contributed by atoms with Gasteiger partial charge >= 0.3 is 0 Å². The number of halogens is 1. The Balaban J connectivity index is 2.62. The van der Waals surface area contributed by atoms with E-state index in [9.17, 15) is 0 Å². The number of aliphatic imine (C=N–C) groups is 1. The molecule has 1 heterocycles. The standard InChI is InChI=1S/C10H10IN/c1-10(2)6-12-9-5-7(11)3-4-8(9)10/h3-6H,1-2H3. The smallest absolute Gasteiger partial charge is 0.0677 e. The molecule has 0 amide bonds. The predicted octanol–water partition coefficient (Wildman–Crippen LogP) is 3.28. The molecular weight excluding hydrogens is 261 g/mol. The summed E-state index contributed by atoms with van der Waals surface area (Å²) in [6.45, 7) is 4.38. The molecule has 0 saturated carbocycles. The minimum atomic E-state index is 0.125. The fourth-order valence-electron chi connectivity index (χ4n) is 1.46. The maximum atomic E-state index is 4.38. The number of rotatable bonds is 0. The fourth-order valence-corrected chi connectivity index (χ4v) is 1.93. The van der Waals surface area contributed by atoms with Crippen molar-refractivity contribution in [1.29, 1.82) is 0 Å². The highest BCUT2D eigenvalue weighted by Gasteiger charge is 2.25. The number of hydrogen-bond donors (Lipinski definition) is 0. The van der Waals surface area contributed by atoms with E-state index in [2.05, 4.69) is 59.6 Å². The van der Waals surface area contributed by atoms with Crippen molar-refractivity contribution in [2.24, 2.45) is 4.99 Å². The maximum absolute atomic E-state index is 4.38. The second kappa shape index (κ2) is 2.55. The highest BCUT2D eigenvalue weighted by Crippen LogP contribution is 2.36. The molecule has 0 atom stereocenters. The van der Waals surface area contributed by atoms with Crippen LogP contribution in [-0.4, -0.2) is 6.21 Å². The zero-order valence-electron chi connectivity index (χ0n) is 7.13. The van der Waals surface area contributed by atoms with Crippen molar-refractivity contribution in [3.05, 3.63) is 27.3 Å². The summed E-state index contributed by atoms with van der Waals surface area (Å²) in [5, 5.41) is 0. The quantitative estimate of drug-likeness (QED) is 0.642. The molecule has 0 N–H and O–H groups in total. The number of benzene rings is 1. The summed E-state index contributed by atoms with van der Waals surface area (Å²) in [5.74, 6) is 0. The van der Waals surface area contributed by atoms with Crippen molar-refractivity contribution in [1.82, 2.24) is 0 Å². The van der Waals surface area contributed by atoms with Crippen LogP contribution in [0.3, 0.4) is 0 Å². The van der Waals surface area contributed by atoms with Crippen molar-refractivity contribution < 1.29 is 0 Å². The SMILES string of the molecule is CC1(C)C=Nc2cc(I)ccc21. The van der Waals surface area contributed by atoms with Crippen LogP contribution in [0.2, 0.25) is 0 Å². The Hall–Kier alpha value is -0.380. The summed E-state index contributed by atoms with van der Waals surface area (Å²) in [6.07, 6.45) is 2.02. The zero-order valence-corrected chi connectivity index (χ0v) is 9.29. The lowest BCUT2D eigenvalue weighted by molar-refractivity contribution is 0.753. The summed E-state index contributed by atoms with van der Waals surface area (Å²) < 4.78 is 1.25. The molecule has 1 aromatic rings. The summed E-state index contributed by atoms with van der Waals surface area (Å²) in [6, 6.07) is 6.43. The zero-order chi connectivity index (χ0) is 8.77. The van der Waals surface area contributed by atoms with Gasteiger partial charge < -0.3 is 0 Å². The van der Waals surface area contributed by atoms with Crippen molar-refractivity contribution in [3.8, 4) is 0 Å². The minimum absolute atomic E-state index is 0.125. The summed E-state index contributed by atoms with van der Waals surface area (Å²) in [7, 11) is 0. The molecule has 1 aliphatic rings. The van der Waals surface area contributed by atoms with Crippen LogP contribution < -0.4 is 0 Å². The normalized spacial score (nSPS) is 17.9.